The zero-order valence-electron chi connectivity index (χ0n) is 29.2. The summed E-state index contributed by atoms with van der Waals surface area (Å²) in [4.78, 5) is 24.4. The SMILES string of the molecule is CC(C)NCC(COc1ccc(CC(N)=O)cc1)OC(=O)CC[C@@H](C)[C@H]1CCC2C3C(C[C@H](O)[C@@]21C)[C@@]1(C)CC[C@@H](O)C[C@H]1C[C@H]3O. The molecule has 0 saturated heterocycles. The van der Waals surface area contributed by atoms with Crippen molar-refractivity contribution in [2.45, 2.75) is 129 Å². The van der Waals surface area contributed by atoms with Crippen LogP contribution in [0.5, 0.6) is 5.75 Å². The molecule has 0 aliphatic heterocycles. The van der Waals surface area contributed by atoms with Crippen molar-refractivity contribution in [3.8, 4) is 5.75 Å². The Morgan fingerprint density at radius 3 is 2.40 bits per heavy atom. The first kappa shape index (κ1) is 36.1. The van der Waals surface area contributed by atoms with Crippen LogP contribution >= 0.6 is 0 Å². The van der Waals surface area contributed by atoms with E-state index >= 15 is 0 Å². The van der Waals surface area contributed by atoms with E-state index in [1.807, 2.05) is 13.8 Å². The standard InChI is InChI=1S/C38H60N2O7/c1-22(2)40-20-28(21-46-27-9-7-24(8-10-27)16-34(39)44)47-35(45)13-6-23(3)29-11-12-30-36-31(19-33(43)38(29,30)5)37(4)15-14-26(41)17-25(37)18-32(36)42/h7-10,22-23,25-26,28-33,36,40-43H,6,11-21H2,1-5H3,(H2,39,44)/t23-,25+,26-,28?,29-,30?,31?,32-,33+,36?,37+,38-/m1/s1. The minimum absolute atomic E-state index is 0.0535. The molecule has 12 atom stereocenters. The van der Waals surface area contributed by atoms with Crippen LogP contribution in [-0.2, 0) is 20.7 Å². The zero-order chi connectivity index (χ0) is 34.1. The first-order valence-corrected chi connectivity index (χ1v) is 18.2. The van der Waals surface area contributed by atoms with Crippen molar-refractivity contribution in [1.29, 1.82) is 0 Å². The Kier molecular flexibility index (Phi) is 11.3. The summed E-state index contributed by atoms with van der Waals surface area (Å²) in [5, 5.41) is 37.2. The number of carbonyl (C=O) groups excluding carboxylic acids is 2. The number of carbonyl (C=O) groups is 2. The van der Waals surface area contributed by atoms with Gasteiger partial charge in [-0.25, -0.2) is 0 Å². The first-order valence-electron chi connectivity index (χ1n) is 18.2. The summed E-state index contributed by atoms with van der Waals surface area (Å²) in [6.07, 6.45) is 5.56. The summed E-state index contributed by atoms with van der Waals surface area (Å²) in [6.45, 7) is 11.6. The number of aliphatic hydroxyl groups excluding tert-OH is 3. The van der Waals surface area contributed by atoms with Crippen molar-refractivity contribution < 1.29 is 34.4 Å². The van der Waals surface area contributed by atoms with Crippen LogP contribution in [0.15, 0.2) is 24.3 Å². The van der Waals surface area contributed by atoms with E-state index in [0.717, 1.165) is 44.1 Å². The van der Waals surface area contributed by atoms with Crippen LogP contribution in [0.2, 0.25) is 0 Å². The lowest BCUT2D eigenvalue weighted by atomic mass is 9.43. The molecule has 264 valence electrons. The van der Waals surface area contributed by atoms with E-state index in [0.29, 0.717) is 37.5 Å². The Balaban J connectivity index is 1.18. The Bertz CT molecular complexity index is 1220. The van der Waals surface area contributed by atoms with Gasteiger partial charge < -0.3 is 35.8 Å². The number of hydrogen-bond donors (Lipinski definition) is 5. The van der Waals surface area contributed by atoms with Gasteiger partial charge in [-0.2, -0.15) is 0 Å². The molecule has 0 radical (unpaired) electrons. The Labute approximate surface area is 281 Å². The smallest absolute Gasteiger partial charge is 0.306 e. The molecule has 0 spiro atoms. The second-order valence-electron chi connectivity index (χ2n) is 16.3. The average molecular weight is 657 g/mol. The van der Waals surface area contributed by atoms with Crippen molar-refractivity contribution in [3.63, 3.8) is 0 Å². The Morgan fingerprint density at radius 1 is 1.00 bits per heavy atom. The topological polar surface area (TPSA) is 151 Å². The molecule has 9 heteroatoms. The third kappa shape index (κ3) is 7.68. The number of hydrogen-bond acceptors (Lipinski definition) is 8. The predicted octanol–water partition coefficient (Wildman–Crippen LogP) is 4.38. The number of primary amides is 1. The Hall–Kier alpha value is -2.20. The molecule has 1 aromatic carbocycles. The minimum atomic E-state index is -0.463. The maximum atomic E-state index is 13.2. The van der Waals surface area contributed by atoms with E-state index < -0.39 is 18.3 Å². The molecule has 0 aromatic heterocycles. The summed E-state index contributed by atoms with van der Waals surface area (Å²) in [5.41, 5.74) is 5.86. The number of aliphatic hydroxyl groups is 3. The van der Waals surface area contributed by atoms with E-state index in [1.165, 1.54) is 0 Å². The van der Waals surface area contributed by atoms with Crippen molar-refractivity contribution in [2.24, 2.45) is 52.1 Å². The van der Waals surface area contributed by atoms with E-state index in [2.05, 4.69) is 26.1 Å². The largest absolute Gasteiger partial charge is 0.490 e. The molecule has 9 nitrogen and oxygen atoms in total. The predicted molar refractivity (Wildman–Crippen MR) is 180 cm³/mol. The van der Waals surface area contributed by atoms with Gasteiger partial charge in [0.2, 0.25) is 5.91 Å². The van der Waals surface area contributed by atoms with Gasteiger partial charge in [-0.15, -0.1) is 0 Å². The van der Waals surface area contributed by atoms with Crippen LogP contribution in [0, 0.1) is 46.3 Å². The van der Waals surface area contributed by atoms with Gasteiger partial charge in [0.25, 0.3) is 0 Å². The summed E-state index contributed by atoms with van der Waals surface area (Å²) in [6, 6.07) is 7.41. The molecule has 4 fully saturated rings. The molecule has 1 aromatic rings. The van der Waals surface area contributed by atoms with Gasteiger partial charge in [-0.1, -0.05) is 46.8 Å². The number of esters is 1. The molecule has 5 rings (SSSR count). The molecule has 4 aliphatic rings. The van der Waals surface area contributed by atoms with E-state index in [1.54, 1.807) is 24.3 Å². The lowest BCUT2D eigenvalue weighted by molar-refractivity contribution is -0.207. The number of nitrogens with one attached hydrogen (secondary N) is 1. The second-order valence-corrected chi connectivity index (χ2v) is 16.3. The fraction of sp³-hybridized carbons (Fsp3) is 0.789. The van der Waals surface area contributed by atoms with E-state index in [-0.39, 0.29) is 77.5 Å². The Morgan fingerprint density at radius 2 is 1.72 bits per heavy atom. The van der Waals surface area contributed by atoms with Crippen molar-refractivity contribution in [2.75, 3.05) is 13.2 Å². The number of nitrogens with two attached hydrogens (primary N) is 1. The summed E-state index contributed by atoms with van der Waals surface area (Å²) in [7, 11) is 0. The summed E-state index contributed by atoms with van der Waals surface area (Å²) < 4.78 is 11.9. The molecule has 0 bridgehead atoms. The van der Waals surface area contributed by atoms with Crippen LogP contribution in [0.3, 0.4) is 0 Å². The quantitative estimate of drug-likeness (QED) is 0.196. The second kappa shape index (κ2) is 14.7. The fourth-order valence-corrected chi connectivity index (χ4v) is 10.5. The third-order valence-electron chi connectivity index (χ3n) is 13.1. The monoisotopic (exact) mass is 656 g/mol. The summed E-state index contributed by atoms with van der Waals surface area (Å²) in [5.74, 6) is 1.48. The fourth-order valence-electron chi connectivity index (χ4n) is 10.5. The van der Waals surface area contributed by atoms with Crippen molar-refractivity contribution in [3.05, 3.63) is 29.8 Å². The molecule has 4 unspecified atom stereocenters. The number of fused-ring (bicyclic) bond motifs is 5. The highest BCUT2D eigenvalue weighted by atomic mass is 16.6. The normalized spacial score (nSPS) is 37.7. The van der Waals surface area contributed by atoms with Crippen LogP contribution in [0.1, 0.15) is 98.0 Å². The van der Waals surface area contributed by atoms with Crippen LogP contribution < -0.4 is 15.8 Å². The van der Waals surface area contributed by atoms with Crippen LogP contribution in [0.25, 0.3) is 0 Å². The highest BCUT2D eigenvalue weighted by Gasteiger charge is 2.65. The van der Waals surface area contributed by atoms with Gasteiger partial charge in [0.15, 0.2) is 0 Å². The van der Waals surface area contributed by atoms with Crippen molar-refractivity contribution >= 4 is 11.9 Å². The number of benzene rings is 1. The van der Waals surface area contributed by atoms with Crippen LogP contribution in [-0.4, -0.2) is 70.8 Å². The van der Waals surface area contributed by atoms with Gasteiger partial charge in [0.1, 0.15) is 18.5 Å². The van der Waals surface area contributed by atoms with Crippen molar-refractivity contribution in [1.82, 2.24) is 5.32 Å². The molecule has 6 N–H and O–H groups in total. The summed E-state index contributed by atoms with van der Waals surface area (Å²) >= 11 is 0. The lowest BCUT2D eigenvalue weighted by Crippen LogP contribution is -2.62. The molecule has 4 aliphatic carbocycles. The maximum absolute atomic E-state index is 13.2. The molecule has 1 amide bonds. The molecule has 47 heavy (non-hydrogen) atoms. The van der Waals surface area contributed by atoms with Gasteiger partial charge in [-0.05, 0) is 115 Å². The molecule has 0 heterocycles. The average Bonchev–Trinajstić information content (AvgIpc) is 3.37. The van der Waals surface area contributed by atoms with E-state index in [9.17, 15) is 24.9 Å². The number of rotatable bonds is 13. The number of ether oxygens (including phenoxy) is 2. The molecular formula is C38H60N2O7. The van der Waals surface area contributed by atoms with E-state index in [4.69, 9.17) is 15.2 Å². The first-order chi connectivity index (χ1) is 22.2. The van der Waals surface area contributed by atoms with Gasteiger partial charge >= 0.3 is 5.97 Å². The van der Waals surface area contributed by atoms with Gasteiger partial charge in [0.05, 0.1) is 24.7 Å². The van der Waals surface area contributed by atoms with Gasteiger partial charge in [-0.3, -0.25) is 9.59 Å². The highest BCUT2D eigenvalue weighted by Crippen LogP contribution is 2.68. The maximum Gasteiger partial charge on any atom is 0.306 e. The molecule has 4 saturated carbocycles. The highest BCUT2D eigenvalue weighted by molar-refractivity contribution is 5.76. The number of amides is 1. The van der Waals surface area contributed by atoms with Crippen LogP contribution in [0.4, 0.5) is 0 Å². The minimum Gasteiger partial charge on any atom is -0.490 e. The third-order valence-corrected chi connectivity index (χ3v) is 13.1. The molecular weight excluding hydrogens is 596 g/mol. The van der Waals surface area contributed by atoms with Gasteiger partial charge in [0, 0.05) is 19.0 Å². The lowest BCUT2D eigenvalue weighted by Gasteiger charge is -2.63. The zero-order valence-corrected chi connectivity index (χ0v) is 29.2.